The number of aryl methyl sites for hydroxylation is 1. The number of carbonyl (C=O) groups excluding carboxylic acids is 1. The van der Waals surface area contributed by atoms with Gasteiger partial charge in [-0.1, -0.05) is 24.6 Å². The third-order valence-corrected chi connectivity index (χ3v) is 5.87. The summed E-state index contributed by atoms with van der Waals surface area (Å²) in [5.41, 5.74) is 2.04. The van der Waals surface area contributed by atoms with Crippen molar-refractivity contribution in [3.8, 4) is 6.07 Å². The van der Waals surface area contributed by atoms with Gasteiger partial charge in [-0.2, -0.15) is 5.26 Å². The summed E-state index contributed by atoms with van der Waals surface area (Å²) in [4.78, 5) is 15.0. The lowest BCUT2D eigenvalue weighted by molar-refractivity contribution is -0.116. The van der Waals surface area contributed by atoms with Crippen LogP contribution >= 0.6 is 0 Å². The molecule has 2 aromatic heterocycles. The highest BCUT2D eigenvalue weighted by Crippen LogP contribution is 2.25. The monoisotopic (exact) mass is 416 g/mol. The van der Waals surface area contributed by atoms with E-state index in [-0.39, 0.29) is 11.9 Å². The van der Waals surface area contributed by atoms with Crippen LogP contribution in [0.3, 0.4) is 0 Å². The van der Waals surface area contributed by atoms with Gasteiger partial charge in [-0.05, 0) is 50.2 Å². The molecule has 1 aliphatic heterocycles. The third-order valence-electron chi connectivity index (χ3n) is 5.87. The minimum absolute atomic E-state index is 0.0561. The van der Waals surface area contributed by atoms with Crippen LogP contribution in [0.15, 0.2) is 59.4 Å². The standard InChI is InChI=1S/C25H28N4O2/c26-13-7-16-29-19-20(21-8-2-3-9-22(21)29)11-12-25(30)27-18-23(24-10-6-17-31-24)28-14-4-1-5-15-28/h2-3,6,8-12,17,19,23H,1,4-5,7,14-16,18H2,(H,27,30)/b12-11+. The Kier molecular flexibility index (Phi) is 6.85. The molecule has 1 aromatic carbocycles. The van der Waals surface area contributed by atoms with Crippen LogP contribution in [0, 0.1) is 11.3 Å². The molecule has 1 aliphatic rings. The van der Waals surface area contributed by atoms with E-state index >= 15 is 0 Å². The second-order valence-corrected chi connectivity index (χ2v) is 7.91. The highest BCUT2D eigenvalue weighted by Gasteiger charge is 2.24. The molecule has 0 spiro atoms. The van der Waals surface area contributed by atoms with Crippen molar-refractivity contribution < 1.29 is 9.21 Å². The summed E-state index contributed by atoms with van der Waals surface area (Å²) in [6.07, 6.45) is 11.2. The number of rotatable bonds is 8. The first-order valence-corrected chi connectivity index (χ1v) is 10.9. The SMILES string of the molecule is N#CCCn1cc(/C=C/C(=O)NCC(c2ccco2)N2CCCCC2)c2ccccc21. The molecule has 1 fully saturated rings. The van der Waals surface area contributed by atoms with E-state index in [1.807, 2.05) is 48.7 Å². The first kappa shape index (κ1) is 21.0. The Hall–Kier alpha value is -3.30. The molecule has 0 saturated carbocycles. The number of benzene rings is 1. The van der Waals surface area contributed by atoms with Crippen LogP contribution in [0.25, 0.3) is 17.0 Å². The van der Waals surface area contributed by atoms with E-state index in [1.165, 1.54) is 19.3 Å². The van der Waals surface area contributed by atoms with Gasteiger partial charge in [-0.25, -0.2) is 0 Å². The molecule has 3 aromatic rings. The Morgan fingerprint density at radius 1 is 1.19 bits per heavy atom. The molecule has 0 bridgehead atoms. The van der Waals surface area contributed by atoms with Crippen LogP contribution in [-0.4, -0.2) is 35.0 Å². The maximum atomic E-state index is 12.6. The lowest BCUT2D eigenvalue weighted by Crippen LogP contribution is -2.40. The zero-order chi connectivity index (χ0) is 21.5. The number of para-hydroxylation sites is 1. The maximum Gasteiger partial charge on any atom is 0.244 e. The highest BCUT2D eigenvalue weighted by atomic mass is 16.3. The summed E-state index contributed by atoms with van der Waals surface area (Å²) in [6.45, 7) is 3.21. The molecule has 4 rings (SSSR count). The molecule has 1 saturated heterocycles. The van der Waals surface area contributed by atoms with Crippen molar-refractivity contribution >= 4 is 22.9 Å². The Bertz CT molecular complexity index is 1070. The lowest BCUT2D eigenvalue weighted by Gasteiger charge is -2.33. The number of carbonyl (C=O) groups is 1. The fraction of sp³-hybridized carbons (Fsp3) is 0.360. The summed E-state index contributed by atoms with van der Waals surface area (Å²) in [5, 5.41) is 13.0. The number of nitrogens with zero attached hydrogens (tertiary/aromatic N) is 3. The van der Waals surface area contributed by atoms with E-state index in [0.29, 0.717) is 19.5 Å². The first-order valence-electron chi connectivity index (χ1n) is 10.9. The Labute approximate surface area is 182 Å². The Morgan fingerprint density at radius 3 is 2.81 bits per heavy atom. The third kappa shape index (κ3) is 5.07. The van der Waals surface area contributed by atoms with Crippen LogP contribution in [0.2, 0.25) is 0 Å². The number of furan rings is 1. The number of likely N-dealkylation sites (tertiary alicyclic amines) is 1. The van der Waals surface area contributed by atoms with Gasteiger partial charge >= 0.3 is 0 Å². The van der Waals surface area contributed by atoms with E-state index in [9.17, 15) is 4.79 Å². The molecule has 160 valence electrons. The average molecular weight is 417 g/mol. The van der Waals surface area contributed by atoms with Crippen LogP contribution in [0.5, 0.6) is 0 Å². The van der Waals surface area contributed by atoms with E-state index < -0.39 is 0 Å². The van der Waals surface area contributed by atoms with Crippen molar-refractivity contribution in [1.29, 1.82) is 5.26 Å². The van der Waals surface area contributed by atoms with Gasteiger partial charge in [-0.3, -0.25) is 9.69 Å². The van der Waals surface area contributed by atoms with E-state index in [0.717, 1.165) is 35.3 Å². The predicted octanol–water partition coefficient (Wildman–Crippen LogP) is 4.50. The number of piperidine rings is 1. The molecular weight excluding hydrogens is 388 g/mol. The second-order valence-electron chi connectivity index (χ2n) is 7.91. The number of nitriles is 1. The molecule has 0 radical (unpaired) electrons. The molecule has 1 unspecified atom stereocenters. The summed E-state index contributed by atoms with van der Waals surface area (Å²) in [6, 6.07) is 14.2. The summed E-state index contributed by atoms with van der Waals surface area (Å²) in [5.74, 6) is 0.772. The Morgan fingerprint density at radius 2 is 2.03 bits per heavy atom. The molecule has 3 heterocycles. The van der Waals surface area contributed by atoms with Gasteiger partial charge in [0.15, 0.2) is 0 Å². The molecule has 1 amide bonds. The molecule has 1 atom stereocenters. The molecule has 6 heteroatoms. The van der Waals surface area contributed by atoms with Crippen molar-refractivity contribution in [3.05, 3.63) is 66.3 Å². The molecular formula is C25H28N4O2. The largest absolute Gasteiger partial charge is 0.468 e. The number of hydrogen-bond donors (Lipinski definition) is 1. The first-order chi connectivity index (χ1) is 15.3. The number of amides is 1. The van der Waals surface area contributed by atoms with Crippen LogP contribution in [-0.2, 0) is 11.3 Å². The number of hydrogen-bond acceptors (Lipinski definition) is 4. The highest BCUT2D eigenvalue weighted by molar-refractivity contribution is 5.96. The van der Waals surface area contributed by atoms with Gasteiger partial charge in [0.05, 0.1) is 24.8 Å². The smallest absolute Gasteiger partial charge is 0.244 e. The predicted molar refractivity (Wildman–Crippen MR) is 121 cm³/mol. The molecule has 6 nitrogen and oxygen atoms in total. The van der Waals surface area contributed by atoms with E-state index in [4.69, 9.17) is 9.68 Å². The Balaban J connectivity index is 1.44. The average Bonchev–Trinajstić information content (AvgIpc) is 3.46. The van der Waals surface area contributed by atoms with Crippen LogP contribution in [0.4, 0.5) is 0 Å². The normalized spacial score (nSPS) is 15.8. The summed E-state index contributed by atoms with van der Waals surface area (Å²) >= 11 is 0. The molecule has 31 heavy (non-hydrogen) atoms. The van der Waals surface area contributed by atoms with Gasteiger partial charge in [-0.15, -0.1) is 0 Å². The van der Waals surface area contributed by atoms with Crippen molar-refractivity contribution in [1.82, 2.24) is 14.8 Å². The van der Waals surface area contributed by atoms with Crippen molar-refractivity contribution in [2.75, 3.05) is 19.6 Å². The summed E-state index contributed by atoms with van der Waals surface area (Å²) in [7, 11) is 0. The van der Waals surface area contributed by atoms with Gasteiger partial charge in [0.1, 0.15) is 5.76 Å². The minimum atomic E-state index is -0.123. The van der Waals surface area contributed by atoms with Gasteiger partial charge < -0.3 is 14.3 Å². The molecule has 1 N–H and O–H groups in total. The van der Waals surface area contributed by atoms with Crippen LogP contribution < -0.4 is 5.32 Å². The van der Waals surface area contributed by atoms with E-state index in [1.54, 1.807) is 12.3 Å². The topological polar surface area (TPSA) is 74.2 Å². The minimum Gasteiger partial charge on any atom is -0.468 e. The van der Waals surface area contributed by atoms with Crippen molar-refractivity contribution in [2.45, 2.75) is 38.3 Å². The van der Waals surface area contributed by atoms with Crippen molar-refractivity contribution in [2.24, 2.45) is 0 Å². The number of nitrogens with one attached hydrogen (secondary N) is 1. The van der Waals surface area contributed by atoms with Gasteiger partial charge in [0.2, 0.25) is 5.91 Å². The van der Waals surface area contributed by atoms with E-state index in [2.05, 4.69) is 20.9 Å². The maximum absolute atomic E-state index is 12.6. The fourth-order valence-electron chi connectivity index (χ4n) is 4.31. The fourth-order valence-corrected chi connectivity index (χ4v) is 4.31. The lowest BCUT2D eigenvalue weighted by atomic mass is 10.1. The zero-order valence-corrected chi connectivity index (χ0v) is 17.7. The second kappa shape index (κ2) is 10.1. The molecule has 0 aliphatic carbocycles. The van der Waals surface area contributed by atoms with Crippen LogP contribution in [0.1, 0.15) is 43.0 Å². The number of fused-ring (bicyclic) bond motifs is 1. The number of aromatic nitrogens is 1. The summed E-state index contributed by atoms with van der Waals surface area (Å²) < 4.78 is 7.73. The van der Waals surface area contributed by atoms with Crippen molar-refractivity contribution in [3.63, 3.8) is 0 Å². The quantitative estimate of drug-likeness (QED) is 0.549. The zero-order valence-electron chi connectivity index (χ0n) is 17.7. The van der Waals surface area contributed by atoms with Gasteiger partial charge in [0.25, 0.3) is 0 Å². The van der Waals surface area contributed by atoms with Gasteiger partial charge in [0, 0.05) is 41.8 Å².